The molecule has 0 spiro atoms. The van der Waals surface area contributed by atoms with E-state index in [1.165, 1.54) is 0 Å². The van der Waals surface area contributed by atoms with Crippen molar-refractivity contribution in [3.63, 3.8) is 0 Å². The number of benzene rings is 1. The normalized spacial score (nSPS) is 17.3. The van der Waals surface area contributed by atoms with Crippen LogP contribution in [-0.2, 0) is 9.53 Å². The van der Waals surface area contributed by atoms with E-state index in [-0.39, 0.29) is 25.0 Å². The van der Waals surface area contributed by atoms with Crippen LogP contribution in [0.5, 0.6) is 0 Å². The van der Waals surface area contributed by atoms with Crippen molar-refractivity contribution in [2.45, 2.75) is 25.4 Å². The van der Waals surface area contributed by atoms with Gasteiger partial charge in [-0.15, -0.1) is 0 Å². The molecule has 1 fully saturated rings. The molecule has 0 radical (unpaired) electrons. The lowest BCUT2D eigenvalue weighted by Crippen LogP contribution is -2.39. The predicted octanol–water partition coefficient (Wildman–Crippen LogP) is 3.03. The van der Waals surface area contributed by atoms with E-state index in [0.717, 1.165) is 28.2 Å². The molecular formula is C17H19BrN2O4. The number of rotatable bonds is 6. The number of hydrogen-bond donors (Lipinski definition) is 2. The lowest BCUT2D eigenvalue weighted by atomic mass is 10.2. The van der Waals surface area contributed by atoms with Gasteiger partial charge in [-0.2, -0.15) is 0 Å². The van der Waals surface area contributed by atoms with Crippen LogP contribution in [0.4, 0.5) is 0 Å². The van der Waals surface area contributed by atoms with Crippen LogP contribution in [0, 0.1) is 0 Å². The number of halogens is 1. The summed E-state index contributed by atoms with van der Waals surface area (Å²) in [5.74, 6) is -1.11. The van der Waals surface area contributed by atoms with Crippen LogP contribution in [0.15, 0.2) is 28.7 Å². The van der Waals surface area contributed by atoms with Gasteiger partial charge in [0.05, 0.1) is 12.5 Å². The number of aromatic amines is 1. The van der Waals surface area contributed by atoms with E-state index in [2.05, 4.69) is 20.9 Å². The molecule has 1 atom stereocenters. The zero-order valence-electron chi connectivity index (χ0n) is 13.1. The highest BCUT2D eigenvalue weighted by atomic mass is 79.9. The Morgan fingerprint density at radius 1 is 1.38 bits per heavy atom. The molecule has 24 heavy (non-hydrogen) atoms. The van der Waals surface area contributed by atoms with Gasteiger partial charge in [-0.05, 0) is 31.0 Å². The van der Waals surface area contributed by atoms with Gasteiger partial charge in [0, 0.05) is 35.1 Å². The summed E-state index contributed by atoms with van der Waals surface area (Å²) in [4.78, 5) is 28.4. The summed E-state index contributed by atoms with van der Waals surface area (Å²) in [5, 5.41) is 9.88. The van der Waals surface area contributed by atoms with Crippen molar-refractivity contribution >= 4 is 38.7 Å². The average Bonchev–Trinajstić information content (AvgIpc) is 3.19. The molecule has 1 aliphatic rings. The molecule has 0 aliphatic carbocycles. The number of aromatic nitrogens is 1. The van der Waals surface area contributed by atoms with Crippen molar-refractivity contribution in [2.24, 2.45) is 0 Å². The van der Waals surface area contributed by atoms with Crippen molar-refractivity contribution in [1.29, 1.82) is 0 Å². The number of carboxylic acid groups (broad SMARTS) is 1. The van der Waals surface area contributed by atoms with Gasteiger partial charge in [-0.1, -0.05) is 22.0 Å². The van der Waals surface area contributed by atoms with Gasteiger partial charge in [-0.3, -0.25) is 9.59 Å². The first-order valence-electron chi connectivity index (χ1n) is 7.94. The summed E-state index contributed by atoms with van der Waals surface area (Å²) >= 11 is 3.41. The molecule has 2 N–H and O–H groups in total. The Morgan fingerprint density at radius 3 is 2.92 bits per heavy atom. The number of amides is 1. The highest BCUT2D eigenvalue weighted by Crippen LogP contribution is 2.22. The fraction of sp³-hybridized carbons (Fsp3) is 0.412. The molecule has 0 saturated carbocycles. The number of aliphatic carboxylic acids is 1. The van der Waals surface area contributed by atoms with Gasteiger partial charge in [0.25, 0.3) is 5.91 Å². The van der Waals surface area contributed by atoms with Crippen LogP contribution in [0.3, 0.4) is 0 Å². The van der Waals surface area contributed by atoms with Gasteiger partial charge in [0.1, 0.15) is 5.69 Å². The number of ether oxygens (including phenoxy) is 1. The number of nitrogens with zero attached hydrogens (tertiary/aromatic N) is 1. The van der Waals surface area contributed by atoms with Crippen molar-refractivity contribution < 1.29 is 19.4 Å². The van der Waals surface area contributed by atoms with Crippen LogP contribution < -0.4 is 0 Å². The molecule has 0 bridgehead atoms. The second kappa shape index (κ2) is 7.36. The molecule has 2 heterocycles. The van der Waals surface area contributed by atoms with Gasteiger partial charge < -0.3 is 19.7 Å². The van der Waals surface area contributed by atoms with Crippen LogP contribution in [0.25, 0.3) is 10.9 Å². The Morgan fingerprint density at radius 2 is 2.21 bits per heavy atom. The minimum Gasteiger partial charge on any atom is -0.481 e. The van der Waals surface area contributed by atoms with E-state index in [9.17, 15) is 9.59 Å². The van der Waals surface area contributed by atoms with Gasteiger partial charge in [0.2, 0.25) is 0 Å². The van der Waals surface area contributed by atoms with E-state index >= 15 is 0 Å². The third-order valence-electron chi connectivity index (χ3n) is 4.15. The molecule has 128 valence electrons. The molecule has 0 unspecified atom stereocenters. The van der Waals surface area contributed by atoms with Crippen molar-refractivity contribution in [1.82, 2.24) is 9.88 Å². The first kappa shape index (κ1) is 17.0. The molecule has 3 rings (SSSR count). The fourth-order valence-electron chi connectivity index (χ4n) is 2.93. The molecule has 1 saturated heterocycles. The van der Waals surface area contributed by atoms with E-state index < -0.39 is 5.97 Å². The van der Waals surface area contributed by atoms with Crippen molar-refractivity contribution in [3.05, 3.63) is 34.4 Å². The minimum absolute atomic E-state index is 0.0127. The number of carboxylic acids is 1. The monoisotopic (exact) mass is 394 g/mol. The summed E-state index contributed by atoms with van der Waals surface area (Å²) in [6.45, 7) is 1.30. The Hall–Kier alpha value is -1.86. The molecule has 1 aromatic carbocycles. The lowest BCUT2D eigenvalue weighted by Gasteiger charge is -2.24. The number of fused-ring (bicyclic) bond motifs is 1. The molecule has 1 aromatic heterocycles. The molecule has 2 aromatic rings. The van der Waals surface area contributed by atoms with Crippen LogP contribution in [0.2, 0.25) is 0 Å². The Bertz CT molecular complexity index is 752. The van der Waals surface area contributed by atoms with Crippen LogP contribution in [-0.4, -0.2) is 52.7 Å². The highest BCUT2D eigenvalue weighted by Gasteiger charge is 2.24. The van der Waals surface area contributed by atoms with E-state index in [1.807, 2.05) is 18.2 Å². The SMILES string of the molecule is O=C(O)CCN(C[C@H]1CCCO1)C(=O)c1cc2ccc(Br)cc2[nH]1. The van der Waals surface area contributed by atoms with E-state index in [1.54, 1.807) is 11.0 Å². The van der Waals surface area contributed by atoms with Crippen LogP contribution in [0.1, 0.15) is 29.8 Å². The zero-order valence-corrected chi connectivity index (χ0v) is 14.7. The Labute approximate surface area is 147 Å². The second-order valence-electron chi connectivity index (χ2n) is 5.94. The summed E-state index contributed by atoms with van der Waals surface area (Å²) in [6, 6.07) is 7.55. The topological polar surface area (TPSA) is 82.6 Å². The molecule has 6 nitrogen and oxygen atoms in total. The Balaban J connectivity index is 1.80. The van der Waals surface area contributed by atoms with Gasteiger partial charge in [-0.25, -0.2) is 0 Å². The van der Waals surface area contributed by atoms with E-state index in [4.69, 9.17) is 9.84 Å². The highest BCUT2D eigenvalue weighted by molar-refractivity contribution is 9.10. The minimum atomic E-state index is -0.916. The largest absolute Gasteiger partial charge is 0.481 e. The quantitative estimate of drug-likeness (QED) is 0.788. The second-order valence-corrected chi connectivity index (χ2v) is 6.86. The number of nitrogens with one attached hydrogen (secondary N) is 1. The maximum Gasteiger partial charge on any atom is 0.305 e. The maximum absolute atomic E-state index is 12.8. The Kier molecular flexibility index (Phi) is 5.20. The lowest BCUT2D eigenvalue weighted by molar-refractivity contribution is -0.137. The predicted molar refractivity (Wildman–Crippen MR) is 93.1 cm³/mol. The van der Waals surface area contributed by atoms with Crippen molar-refractivity contribution in [2.75, 3.05) is 19.7 Å². The zero-order chi connectivity index (χ0) is 17.1. The standard InChI is InChI=1S/C17H19BrN2O4/c18-12-4-3-11-8-15(19-14(11)9-12)17(23)20(6-5-16(21)22)10-13-2-1-7-24-13/h3-4,8-9,13,19H,1-2,5-7,10H2,(H,21,22)/t13-/m1/s1. The summed E-state index contributed by atoms with van der Waals surface area (Å²) < 4.78 is 6.52. The van der Waals surface area contributed by atoms with Crippen molar-refractivity contribution in [3.8, 4) is 0 Å². The third kappa shape index (κ3) is 3.96. The first-order valence-corrected chi connectivity index (χ1v) is 8.73. The summed E-state index contributed by atoms with van der Waals surface area (Å²) in [6.07, 6.45) is 1.79. The first-order chi connectivity index (χ1) is 11.5. The molecule has 1 amide bonds. The number of H-pyrrole nitrogens is 1. The fourth-order valence-corrected chi connectivity index (χ4v) is 3.29. The van der Waals surface area contributed by atoms with Gasteiger partial charge >= 0.3 is 5.97 Å². The summed E-state index contributed by atoms with van der Waals surface area (Å²) in [5.41, 5.74) is 1.33. The maximum atomic E-state index is 12.8. The summed E-state index contributed by atoms with van der Waals surface area (Å²) in [7, 11) is 0. The molecule has 7 heteroatoms. The van der Waals surface area contributed by atoms with Gasteiger partial charge in [0.15, 0.2) is 0 Å². The number of hydrogen-bond acceptors (Lipinski definition) is 3. The van der Waals surface area contributed by atoms with Crippen LogP contribution >= 0.6 is 15.9 Å². The average molecular weight is 395 g/mol. The smallest absolute Gasteiger partial charge is 0.305 e. The third-order valence-corrected chi connectivity index (χ3v) is 4.64. The number of carbonyl (C=O) groups is 2. The number of carbonyl (C=O) groups excluding carboxylic acids is 1. The molecule has 1 aliphatic heterocycles. The molecular weight excluding hydrogens is 376 g/mol. The van der Waals surface area contributed by atoms with E-state index in [0.29, 0.717) is 18.8 Å².